The van der Waals surface area contributed by atoms with Crippen LogP contribution < -0.4 is 5.73 Å². The van der Waals surface area contributed by atoms with Crippen LogP contribution in [0, 0.1) is 0 Å². The number of hydrogen-bond acceptors (Lipinski definition) is 3. The Labute approximate surface area is 83.7 Å². The zero-order valence-electron chi connectivity index (χ0n) is 7.07. The van der Waals surface area contributed by atoms with Gasteiger partial charge in [-0.3, -0.25) is 0 Å². The van der Waals surface area contributed by atoms with Gasteiger partial charge in [-0.15, -0.1) is 0 Å². The molecule has 5 nitrogen and oxygen atoms in total. The zero-order valence-corrected chi connectivity index (χ0v) is 8.65. The number of halogens is 1. The van der Waals surface area contributed by atoms with E-state index in [1.165, 1.54) is 6.20 Å². The van der Waals surface area contributed by atoms with Gasteiger partial charge in [0.25, 0.3) is 0 Å². The fraction of sp³-hybridized carbons (Fsp3) is 0.429. The second-order valence-corrected chi connectivity index (χ2v) is 3.54. The number of carboxylic acid groups (broad SMARTS) is 1. The van der Waals surface area contributed by atoms with Gasteiger partial charge >= 0.3 is 5.97 Å². The summed E-state index contributed by atoms with van der Waals surface area (Å²) in [5.41, 5.74) is 5.58. The molecule has 0 amide bonds. The van der Waals surface area contributed by atoms with E-state index >= 15 is 0 Å². The van der Waals surface area contributed by atoms with Crippen molar-refractivity contribution in [3.63, 3.8) is 0 Å². The average molecular weight is 248 g/mol. The molecule has 0 aliphatic rings. The zero-order chi connectivity index (χ0) is 10.0. The quantitative estimate of drug-likeness (QED) is 0.824. The fourth-order valence-corrected chi connectivity index (χ4v) is 1.37. The van der Waals surface area contributed by atoms with Crippen LogP contribution in [-0.4, -0.2) is 26.7 Å². The molecule has 3 N–H and O–H groups in total. The second-order valence-electron chi connectivity index (χ2n) is 2.83. The first kappa shape index (κ1) is 10.2. The predicted octanol–water partition coefficient (Wildman–Crippen LogP) is 0.691. The third kappa shape index (κ3) is 2.53. The molecule has 1 aromatic heterocycles. The Bertz CT molecular complexity index is 322. The van der Waals surface area contributed by atoms with E-state index in [1.807, 2.05) is 6.92 Å². The lowest BCUT2D eigenvalue weighted by atomic mass is 10.3. The number of aromatic carboxylic acids is 1. The summed E-state index contributed by atoms with van der Waals surface area (Å²) in [5.74, 6) is -1.04. The molecule has 1 heterocycles. The summed E-state index contributed by atoms with van der Waals surface area (Å²) < 4.78 is 2.15. The van der Waals surface area contributed by atoms with E-state index in [1.54, 1.807) is 4.57 Å². The minimum absolute atomic E-state index is 0.0209. The Morgan fingerprint density at radius 2 is 2.54 bits per heavy atom. The van der Waals surface area contributed by atoms with Gasteiger partial charge < -0.3 is 15.4 Å². The average Bonchev–Trinajstić information content (AvgIpc) is 2.31. The van der Waals surface area contributed by atoms with E-state index in [4.69, 9.17) is 10.8 Å². The smallest absolute Gasteiger partial charge is 0.356 e. The van der Waals surface area contributed by atoms with Crippen molar-refractivity contribution < 1.29 is 9.90 Å². The summed E-state index contributed by atoms with van der Waals surface area (Å²) in [6, 6.07) is -0.0351. The summed E-state index contributed by atoms with van der Waals surface area (Å²) in [5, 5.41) is 8.63. The van der Waals surface area contributed by atoms with Crippen molar-refractivity contribution in [2.75, 3.05) is 0 Å². The van der Waals surface area contributed by atoms with E-state index in [-0.39, 0.29) is 11.7 Å². The van der Waals surface area contributed by atoms with E-state index in [9.17, 15) is 4.79 Å². The molecule has 1 unspecified atom stereocenters. The number of carboxylic acids is 1. The highest BCUT2D eigenvalue weighted by Gasteiger charge is 2.11. The molecule has 0 radical (unpaired) electrons. The maximum absolute atomic E-state index is 10.5. The summed E-state index contributed by atoms with van der Waals surface area (Å²) in [6.45, 7) is 2.38. The van der Waals surface area contributed by atoms with Gasteiger partial charge in [0.05, 0.1) is 0 Å². The first-order valence-corrected chi connectivity index (χ1v) is 4.51. The highest BCUT2D eigenvalue weighted by Crippen LogP contribution is 2.10. The van der Waals surface area contributed by atoms with Gasteiger partial charge in [-0.25, -0.2) is 9.78 Å². The molecule has 0 aliphatic carbocycles. The molecule has 0 fully saturated rings. The van der Waals surface area contributed by atoms with Gasteiger partial charge in [0.2, 0.25) is 0 Å². The number of nitrogens with zero attached hydrogens (tertiary/aromatic N) is 2. The summed E-state index contributed by atoms with van der Waals surface area (Å²) in [4.78, 5) is 14.3. The normalized spacial score (nSPS) is 12.8. The van der Waals surface area contributed by atoms with Crippen LogP contribution in [0.4, 0.5) is 0 Å². The third-order valence-electron chi connectivity index (χ3n) is 1.43. The largest absolute Gasteiger partial charge is 0.476 e. The second kappa shape index (κ2) is 3.89. The molecule has 1 rings (SSSR count). The summed E-state index contributed by atoms with van der Waals surface area (Å²) in [7, 11) is 0. The van der Waals surface area contributed by atoms with Crippen LogP contribution in [0.1, 0.15) is 17.4 Å². The van der Waals surface area contributed by atoms with E-state index < -0.39 is 5.97 Å². The molecule has 0 saturated carbocycles. The van der Waals surface area contributed by atoms with Crippen molar-refractivity contribution in [1.82, 2.24) is 9.55 Å². The molecule has 0 saturated heterocycles. The molecule has 1 atom stereocenters. The number of aromatic nitrogens is 2. The SMILES string of the molecule is CC(N)Cn1cc(C(=O)O)nc1Br. The number of imidazole rings is 1. The third-order valence-corrected chi connectivity index (χ3v) is 2.06. The molecule has 6 heteroatoms. The predicted molar refractivity (Wildman–Crippen MR) is 50.5 cm³/mol. The Hall–Kier alpha value is -0.880. The van der Waals surface area contributed by atoms with Crippen LogP contribution in [-0.2, 0) is 6.54 Å². The van der Waals surface area contributed by atoms with E-state index in [0.717, 1.165) is 0 Å². The minimum Gasteiger partial charge on any atom is -0.476 e. The molecular formula is C7H10BrN3O2. The van der Waals surface area contributed by atoms with Crippen molar-refractivity contribution in [2.45, 2.75) is 19.5 Å². The Morgan fingerprint density at radius 1 is 1.92 bits per heavy atom. The maximum atomic E-state index is 10.5. The van der Waals surface area contributed by atoms with Gasteiger partial charge in [-0.1, -0.05) is 0 Å². The number of hydrogen-bond donors (Lipinski definition) is 2. The Kier molecular flexibility index (Phi) is 3.05. The van der Waals surface area contributed by atoms with Crippen molar-refractivity contribution >= 4 is 21.9 Å². The fourth-order valence-electron chi connectivity index (χ4n) is 0.935. The minimum atomic E-state index is -1.04. The molecule has 72 valence electrons. The number of nitrogens with two attached hydrogens (primary N) is 1. The molecule has 0 spiro atoms. The molecule has 13 heavy (non-hydrogen) atoms. The van der Waals surface area contributed by atoms with Crippen molar-refractivity contribution in [3.05, 3.63) is 16.6 Å². The lowest BCUT2D eigenvalue weighted by Crippen LogP contribution is -2.21. The standard InChI is InChI=1S/C7H10BrN3O2/c1-4(9)2-11-3-5(6(12)13)10-7(11)8/h3-4H,2,9H2,1H3,(H,12,13). The van der Waals surface area contributed by atoms with Gasteiger partial charge in [0, 0.05) is 18.8 Å². The van der Waals surface area contributed by atoms with Crippen molar-refractivity contribution in [3.8, 4) is 0 Å². The van der Waals surface area contributed by atoms with Gasteiger partial charge in [0.1, 0.15) is 0 Å². The monoisotopic (exact) mass is 247 g/mol. The van der Waals surface area contributed by atoms with Crippen LogP contribution in [0.3, 0.4) is 0 Å². The van der Waals surface area contributed by atoms with E-state index in [0.29, 0.717) is 11.3 Å². The van der Waals surface area contributed by atoms with E-state index in [2.05, 4.69) is 20.9 Å². The van der Waals surface area contributed by atoms with Crippen LogP contribution >= 0.6 is 15.9 Å². The van der Waals surface area contributed by atoms with Crippen LogP contribution in [0.2, 0.25) is 0 Å². The summed E-state index contributed by atoms with van der Waals surface area (Å²) >= 11 is 3.15. The first-order valence-electron chi connectivity index (χ1n) is 3.72. The van der Waals surface area contributed by atoms with Crippen molar-refractivity contribution in [1.29, 1.82) is 0 Å². The highest BCUT2D eigenvalue weighted by molar-refractivity contribution is 9.10. The molecule has 0 aromatic carbocycles. The molecular weight excluding hydrogens is 238 g/mol. The Morgan fingerprint density at radius 3 is 2.92 bits per heavy atom. The number of rotatable bonds is 3. The van der Waals surface area contributed by atoms with Crippen LogP contribution in [0.15, 0.2) is 10.9 Å². The maximum Gasteiger partial charge on any atom is 0.356 e. The summed E-state index contributed by atoms with van der Waals surface area (Å²) in [6.07, 6.45) is 1.45. The molecule has 0 bridgehead atoms. The van der Waals surface area contributed by atoms with Crippen LogP contribution in [0.5, 0.6) is 0 Å². The first-order chi connectivity index (χ1) is 6.00. The Balaban J connectivity index is 2.90. The topological polar surface area (TPSA) is 81.1 Å². The lowest BCUT2D eigenvalue weighted by Gasteiger charge is -2.05. The van der Waals surface area contributed by atoms with Crippen molar-refractivity contribution in [2.24, 2.45) is 5.73 Å². The van der Waals surface area contributed by atoms with Gasteiger partial charge in [-0.05, 0) is 22.9 Å². The highest BCUT2D eigenvalue weighted by atomic mass is 79.9. The molecule has 1 aromatic rings. The van der Waals surface area contributed by atoms with Gasteiger partial charge in [-0.2, -0.15) is 0 Å². The van der Waals surface area contributed by atoms with Gasteiger partial charge in [0.15, 0.2) is 10.4 Å². The van der Waals surface area contributed by atoms with Crippen LogP contribution in [0.25, 0.3) is 0 Å². The number of carbonyl (C=O) groups is 1. The molecule has 0 aliphatic heterocycles. The lowest BCUT2D eigenvalue weighted by molar-refractivity contribution is 0.0691.